The number of hydrogen-bond acceptors (Lipinski definition) is 6. The summed E-state index contributed by atoms with van der Waals surface area (Å²) in [6.07, 6.45) is 2.12. The fourth-order valence-electron chi connectivity index (χ4n) is 3.00. The molecule has 10 heteroatoms. The Bertz CT molecular complexity index is 1050. The third-order valence-electron chi connectivity index (χ3n) is 4.56. The topological polar surface area (TPSA) is 90.0 Å². The lowest BCUT2D eigenvalue weighted by Crippen LogP contribution is -2.30. The molecular formula is C19H22FNO6S2. The Labute approximate surface area is 170 Å². The van der Waals surface area contributed by atoms with Gasteiger partial charge >= 0.3 is 10.1 Å². The number of benzene rings is 2. The molecule has 1 heterocycles. The summed E-state index contributed by atoms with van der Waals surface area (Å²) in [5, 5.41) is 0. The second-order valence-electron chi connectivity index (χ2n) is 6.69. The molecule has 1 atom stereocenters. The van der Waals surface area contributed by atoms with Gasteiger partial charge in [-0.15, -0.1) is 0 Å². The van der Waals surface area contributed by atoms with Gasteiger partial charge in [0, 0.05) is 13.7 Å². The molecule has 2 aromatic rings. The Hall–Kier alpha value is -2.17. The van der Waals surface area contributed by atoms with Crippen molar-refractivity contribution >= 4 is 25.8 Å². The molecule has 0 saturated carbocycles. The van der Waals surface area contributed by atoms with E-state index in [2.05, 4.69) is 0 Å². The molecule has 0 radical (unpaired) electrons. The van der Waals surface area contributed by atoms with Crippen LogP contribution >= 0.6 is 0 Å². The molecule has 0 aliphatic carbocycles. The molecule has 7 nitrogen and oxygen atoms in total. The second kappa shape index (κ2) is 8.68. The van der Waals surface area contributed by atoms with E-state index in [1.54, 1.807) is 0 Å². The molecule has 0 N–H and O–H groups in total. The average Bonchev–Trinajstić information content (AvgIpc) is 2.68. The van der Waals surface area contributed by atoms with E-state index in [0.717, 1.165) is 23.2 Å². The molecule has 0 aromatic heterocycles. The molecular weight excluding hydrogens is 421 g/mol. The van der Waals surface area contributed by atoms with E-state index in [4.69, 9.17) is 8.92 Å². The van der Waals surface area contributed by atoms with Crippen molar-refractivity contribution in [3.63, 3.8) is 0 Å². The summed E-state index contributed by atoms with van der Waals surface area (Å²) in [6.45, 7) is 0.539. The van der Waals surface area contributed by atoms with Crippen molar-refractivity contribution in [1.29, 1.82) is 0 Å². The molecule has 1 aliphatic heterocycles. The molecule has 0 bridgehead atoms. The lowest BCUT2D eigenvalue weighted by Gasteiger charge is -2.22. The first-order valence-corrected chi connectivity index (χ1v) is 12.1. The Kier molecular flexibility index (Phi) is 6.45. The molecule has 1 aliphatic rings. The largest absolute Gasteiger partial charge is 0.382 e. The van der Waals surface area contributed by atoms with Crippen LogP contribution < -0.4 is 8.49 Å². The summed E-state index contributed by atoms with van der Waals surface area (Å²) in [7, 11) is -6.67. The van der Waals surface area contributed by atoms with E-state index in [1.807, 2.05) is 0 Å². The number of anilines is 1. The van der Waals surface area contributed by atoms with Gasteiger partial charge in [-0.1, -0.05) is 12.1 Å². The van der Waals surface area contributed by atoms with Crippen molar-refractivity contribution in [2.45, 2.75) is 30.3 Å². The minimum atomic E-state index is -4.11. The predicted molar refractivity (Wildman–Crippen MR) is 106 cm³/mol. The number of hydrogen-bond donors (Lipinski definition) is 0. The van der Waals surface area contributed by atoms with E-state index in [-0.39, 0.29) is 23.3 Å². The van der Waals surface area contributed by atoms with Gasteiger partial charge in [0.2, 0.25) is 0 Å². The maximum Gasteiger partial charge on any atom is 0.311 e. The fourth-order valence-corrected chi connectivity index (χ4v) is 5.45. The van der Waals surface area contributed by atoms with Crippen molar-refractivity contribution < 1.29 is 30.1 Å². The fraction of sp³-hybridized carbons (Fsp3) is 0.368. The van der Waals surface area contributed by atoms with Crippen LogP contribution in [0.4, 0.5) is 10.1 Å². The number of sulfonamides is 1. The van der Waals surface area contributed by atoms with Crippen LogP contribution in [-0.2, 0) is 24.9 Å². The van der Waals surface area contributed by atoms with Crippen LogP contribution in [0.1, 0.15) is 19.3 Å². The molecule has 0 spiro atoms. The maximum absolute atomic E-state index is 13.9. The van der Waals surface area contributed by atoms with Crippen molar-refractivity contribution in [2.24, 2.45) is 0 Å². The third kappa shape index (κ3) is 5.26. The summed E-state index contributed by atoms with van der Waals surface area (Å²) in [4.78, 5) is -0.446. The summed E-state index contributed by atoms with van der Waals surface area (Å²) in [5.41, 5.74) is 0.230. The van der Waals surface area contributed by atoms with Gasteiger partial charge in [0.05, 0.1) is 11.8 Å². The molecule has 29 heavy (non-hydrogen) atoms. The van der Waals surface area contributed by atoms with Gasteiger partial charge in [-0.3, -0.25) is 4.31 Å². The second-order valence-corrected chi connectivity index (χ2v) is 10.2. The van der Waals surface area contributed by atoms with Crippen LogP contribution in [0.2, 0.25) is 0 Å². The van der Waals surface area contributed by atoms with Crippen molar-refractivity contribution in [3.8, 4) is 5.75 Å². The zero-order chi connectivity index (χ0) is 21.1. The van der Waals surface area contributed by atoms with Gasteiger partial charge in [0.25, 0.3) is 10.0 Å². The quantitative estimate of drug-likeness (QED) is 0.611. The molecule has 1 saturated heterocycles. The van der Waals surface area contributed by atoms with Crippen LogP contribution in [0.25, 0.3) is 0 Å². The lowest BCUT2D eigenvalue weighted by molar-refractivity contribution is 0.0298. The normalized spacial score (nSPS) is 17.7. The number of ether oxygens (including phenoxy) is 1. The van der Waals surface area contributed by atoms with E-state index < -0.39 is 30.9 Å². The van der Waals surface area contributed by atoms with Crippen LogP contribution in [0.15, 0.2) is 53.4 Å². The number of rotatable bonds is 7. The summed E-state index contributed by atoms with van der Waals surface area (Å²) in [5.74, 6) is -1.03. The standard InChI is InChI=1S/C19H22FNO6S2/c1-21(29(24,25)19-8-3-2-7-18(19)20)15-9-11-16(12-10-15)27-28(22,23)14-17-6-4-5-13-26-17/h2-3,7-12,17H,4-6,13-14H2,1H3. The van der Waals surface area contributed by atoms with E-state index >= 15 is 0 Å². The van der Waals surface area contributed by atoms with E-state index in [9.17, 15) is 21.2 Å². The maximum atomic E-state index is 13.9. The SMILES string of the molecule is CN(c1ccc(OS(=O)(=O)CC2CCCCO2)cc1)S(=O)(=O)c1ccccc1F. The smallest absolute Gasteiger partial charge is 0.311 e. The Morgan fingerprint density at radius 3 is 2.38 bits per heavy atom. The van der Waals surface area contributed by atoms with E-state index in [1.165, 1.54) is 49.5 Å². The van der Waals surface area contributed by atoms with Gasteiger partial charge < -0.3 is 8.92 Å². The summed E-state index contributed by atoms with van der Waals surface area (Å²) < 4.78 is 75.0. The van der Waals surface area contributed by atoms with Gasteiger partial charge in [-0.25, -0.2) is 12.8 Å². The van der Waals surface area contributed by atoms with Gasteiger partial charge in [0.15, 0.2) is 0 Å². The van der Waals surface area contributed by atoms with Gasteiger partial charge in [-0.2, -0.15) is 8.42 Å². The Balaban J connectivity index is 1.71. The molecule has 1 unspecified atom stereocenters. The summed E-state index contributed by atoms with van der Waals surface area (Å²) >= 11 is 0. The lowest BCUT2D eigenvalue weighted by atomic mass is 10.1. The first-order chi connectivity index (χ1) is 13.7. The van der Waals surface area contributed by atoms with E-state index in [0.29, 0.717) is 13.0 Å². The van der Waals surface area contributed by atoms with Crippen LogP contribution in [0.5, 0.6) is 5.75 Å². The highest BCUT2D eigenvalue weighted by atomic mass is 32.2. The molecule has 0 amide bonds. The number of nitrogens with zero attached hydrogens (tertiary/aromatic N) is 1. The van der Waals surface area contributed by atoms with Crippen LogP contribution in [0, 0.1) is 5.82 Å². The minimum absolute atomic E-state index is 0.0567. The number of halogens is 1. The van der Waals surface area contributed by atoms with Crippen molar-refractivity contribution in [3.05, 3.63) is 54.3 Å². The van der Waals surface area contributed by atoms with Crippen LogP contribution in [0.3, 0.4) is 0 Å². The predicted octanol–water partition coefficient (Wildman–Crippen LogP) is 2.93. The Morgan fingerprint density at radius 1 is 1.07 bits per heavy atom. The van der Waals surface area contributed by atoms with Gasteiger partial charge in [-0.05, 0) is 55.7 Å². The summed E-state index contributed by atoms with van der Waals surface area (Å²) in [6, 6.07) is 10.6. The molecule has 158 valence electrons. The average molecular weight is 444 g/mol. The monoisotopic (exact) mass is 443 g/mol. The Morgan fingerprint density at radius 2 is 1.76 bits per heavy atom. The highest BCUT2D eigenvalue weighted by Gasteiger charge is 2.26. The van der Waals surface area contributed by atoms with Crippen LogP contribution in [-0.4, -0.2) is 42.3 Å². The zero-order valence-electron chi connectivity index (χ0n) is 15.8. The highest BCUT2D eigenvalue weighted by Crippen LogP contribution is 2.26. The highest BCUT2D eigenvalue weighted by molar-refractivity contribution is 7.92. The third-order valence-corrected chi connectivity index (χ3v) is 7.61. The van der Waals surface area contributed by atoms with Crippen molar-refractivity contribution in [2.75, 3.05) is 23.7 Å². The molecule has 2 aromatic carbocycles. The first-order valence-electron chi connectivity index (χ1n) is 9.06. The van der Waals surface area contributed by atoms with Gasteiger partial charge in [0.1, 0.15) is 22.2 Å². The minimum Gasteiger partial charge on any atom is -0.382 e. The zero-order valence-corrected chi connectivity index (χ0v) is 17.5. The molecule has 1 fully saturated rings. The first kappa shape index (κ1) is 21.5. The molecule has 3 rings (SSSR count). The van der Waals surface area contributed by atoms with Crippen molar-refractivity contribution in [1.82, 2.24) is 0 Å².